The van der Waals surface area contributed by atoms with E-state index in [0.717, 1.165) is 30.3 Å². The molecule has 0 unspecified atom stereocenters. The van der Waals surface area contributed by atoms with Gasteiger partial charge >= 0.3 is 12.1 Å². The van der Waals surface area contributed by atoms with Gasteiger partial charge < -0.3 is 10.1 Å². The Bertz CT molecular complexity index is 789. The third-order valence-corrected chi connectivity index (χ3v) is 3.17. The fourth-order valence-corrected chi connectivity index (χ4v) is 1.91. The second-order valence-electron chi connectivity index (χ2n) is 5.13. The molecule has 4 nitrogen and oxygen atoms in total. The molecule has 0 saturated carbocycles. The molecule has 0 spiro atoms. The maximum Gasteiger partial charge on any atom is 0.416 e. The first-order valence-electron chi connectivity index (χ1n) is 7.11. The van der Waals surface area contributed by atoms with E-state index in [4.69, 9.17) is 4.74 Å². The van der Waals surface area contributed by atoms with Gasteiger partial charge in [0.05, 0.1) is 11.1 Å². The van der Waals surface area contributed by atoms with Crippen molar-refractivity contribution in [3.8, 4) is 0 Å². The van der Waals surface area contributed by atoms with Crippen LogP contribution in [0.2, 0.25) is 0 Å². The van der Waals surface area contributed by atoms with Crippen LogP contribution in [0.25, 0.3) is 0 Å². The van der Waals surface area contributed by atoms with Gasteiger partial charge in [-0.15, -0.1) is 0 Å². The van der Waals surface area contributed by atoms with E-state index in [-0.39, 0.29) is 11.3 Å². The average Bonchev–Trinajstić information content (AvgIpc) is 2.54. The van der Waals surface area contributed by atoms with E-state index in [0.29, 0.717) is 0 Å². The lowest BCUT2D eigenvalue weighted by atomic mass is 10.2. The molecule has 0 aliphatic heterocycles. The van der Waals surface area contributed by atoms with E-state index in [1.807, 2.05) is 0 Å². The number of nitrogens with one attached hydrogen (secondary N) is 1. The van der Waals surface area contributed by atoms with Crippen LogP contribution in [0.4, 0.5) is 23.2 Å². The van der Waals surface area contributed by atoms with Crippen LogP contribution in [0, 0.1) is 5.82 Å². The van der Waals surface area contributed by atoms with Crippen molar-refractivity contribution in [1.82, 2.24) is 0 Å². The Morgan fingerprint density at radius 3 is 2.40 bits per heavy atom. The van der Waals surface area contributed by atoms with E-state index < -0.39 is 35.5 Å². The van der Waals surface area contributed by atoms with Crippen LogP contribution in [0.3, 0.4) is 0 Å². The van der Waals surface area contributed by atoms with Gasteiger partial charge in [0.15, 0.2) is 6.10 Å². The Morgan fingerprint density at radius 1 is 1.08 bits per heavy atom. The van der Waals surface area contributed by atoms with Crippen LogP contribution in [0.15, 0.2) is 48.5 Å². The largest absolute Gasteiger partial charge is 0.449 e. The van der Waals surface area contributed by atoms with Crippen molar-refractivity contribution in [2.75, 3.05) is 5.32 Å². The fraction of sp³-hybridized carbons (Fsp3) is 0.176. The van der Waals surface area contributed by atoms with Crippen molar-refractivity contribution < 1.29 is 31.9 Å². The molecule has 1 atom stereocenters. The Morgan fingerprint density at radius 2 is 1.76 bits per heavy atom. The molecule has 0 heterocycles. The fourth-order valence-electron chi connectivity index (χ4n) is 1.91. The lowest BCUT2D eigenvalue weighted by Gasteiger charge is -2.14. The topological polar surface area (TPSA) is 55.4 Å². The maximum absolute atomic E-state index is 13.1. The monoisotopic (exact) mass is 355 g/mol. The number of alkyl halides is 3. The van der Waals surface area contributed by atoms with Gasteiger partial charge in [-0.05, 0) is 43.3 Å². The first-order chi connectivity index (χ1) is 11.7. The van der Waals surface area contributed by atoms with Gasteiger partial charge in [-0.3, -0.25) is 4.79 Å². The Kier molecular flexibility index (Phi) is 5.41. The van der Waals surface area contributed by atoms with Crippen molar-refractivity contribution >= 4 is 17.6 Å². The summed E-state index contributed by atoms with van der Waals surface area (Å²) >= 11 is 0. The van der Waals surface area contributed by atoms with Crippen LogP contribution in [0.1, 0.15) is 22.8 Å². The molecule has 1 N–H and O–H groups in total. The van der Waals surface area contributed by atoms with E-state index in [1.54, 1.807) is 0 Å². The predicted molar refractivity (Wildman–Crippen MR) is 81.4 cm³/mol. The van der Waals surface area contributed by atoms with Crippen LogP contribution >= 0.6 is 0 Å². The minimum Gasteiger partial charge on any atom is -0.449 e. The number of esters is 1. The molecule has 0 aliphatic rings. The van der Waals surface area contributed by atoms with Crippen molar-refractivity contribution in [1.29, 1.82) is 0 Å². The number of amides is 1. The number of ether oxygens (including phenoxy) is 1. The highest BCUT2D eigenvalue weighted by Crippen LogP contribution is 2.30. The molecule has 0 fully saturated rings. The minimum atomic E-state index is -4.55. The SMILES string of the molecule is C[C@H](OC(=O)c1cccc(F)c1)C(=O)Nc1cccc(C(F)(F)F)c1. The van der Waals surface area contributed by atoms with Gasteiger partial charge in [-0.1, -0.05) is 12.1 Å². The molecule has 0 radical (unpaired) electrons. The molecule has 8 heteroatoms. The van der Waals surface area contributed by atoms with Gasteiger partial charge in [0.2, 0.25) is 0 Å². The molecular formula is C17H13F4NO3. The average molecular weight is 355 g/mol. The Labute approximate surface area is 140 Å². The lowest BCUT2D eigenvalue weighted by molar-refractivity contribution is -0.137. The zero-order valence-corrected chi connectivity index (χ0v) is 12.9. The van der Waals surface area contributed by atoms with Gasteiger partial charge in [-0.25, -0.2) is 9.18 Å². The quantitative estimate of drug-likeness (QED) is 0.666. The summed E-state index contributed by atoms with van der Waals surface area (Å²) in [6.45, 7) is 1.25. The standard InChI is InChI=1S/C17H13F4NO3/c1-10(25-16(24)11-4-2-6-13(18)8-11)15(23)22-14-7-3-5-12(9-14)17(19,20)21/h2-10H,1H3,(H,22,23)/t10-/m0/s1. The zero-order chi connectivity index (χ0) is 18.6. The summed E-state index contributed by atoms with van der Waals surface area (Å²) in [4.78, 5) is 23.8. The Hall–Kier alpha value is -2.90. The second-order valence-corrected chi connectivity index (χ2v) is 5.13. The summed E-state index contributed by atoms with van der Waals surface area (Å²) in [5.74, 6) is -2.38. The molecule has 25 heavy (non-hydrogen) atoms. The highest BCUT2D eigenvalue weighted by Gasteiger charge is 2.30. The molecule has 1 amide bonds. The third-order valence-electron chi connectivity index (χ3n) is 3.17. The maximum atomic E-state index is 13.1. The zero-order valence-electron chi connectivity index (χ0n) is 12.9. The number of benzene rings is 2. The number of anilines is 1. The van der Waals surface area contributed by atoms with Crippen LogP contribution in [-0.2, 0) is 15.7 Å². The first kappa shape index (κ1) is 18.4. The molecule has 2 aromatic rings. The van der Waals surface area contributed by atoms with Crippen LogP contribution in [0.5, 0.6) is 0 Å². The third kappa shape index (κ3) is 5.03. The lowest BCUT2D eigenvalue weighted by Crippen LogP contribution is -2.30. The highest BCUT2D eigenvalue weighted by atomic mass is 19.4. The van der Waals surface area contributed by atoms with Crippen molar-refractivity contribution in [3.63, 3.8) is 0 Å². The molecule has 2 rings (SSSR count). The van der Waals surface area contributed by atoms with Crippen molar-refractivity contribution in [2.24, 2.45) is 0 Å². The Balaban J connectivity index is 2.02. The molecular weight excluding hydrogens is 342 g/mol. The van der Waals surface area contributed by atoms with E-state index in [9.17, 15) is 27.2 Å². The van der Waals surface area contributed by atoms with Gasteiger partial charge in [0.1, 0.15) is 5.82 Å². The number of hydrogen-bond acceptors (Lipinski definition) is 3. The summed E-state index contributed by atoms with van der Waals surface area (Å²) in [7, 11) is 0. The van der Waals surface area contributed by atoms with Crippen LogP contribution < -0.4 is 5.32 Å². The number of carbonyl (C=O) groups is 2. The molecule has 0 aliphatic carbocycles. The summed E-state index contributed by atoms with van der Waals surface area (Å²) in [6, 6.07) is 8.74. The molecule has 132 valence electrons. The minimum absolute atomic E-state index is 0.0845. The highest BCUT2D eigenvalue weighted by molar-refractivity contribution is 5.97. The second kappa shape index (κ2) is 7.33. The molecule has 0 bridgehead atoms. The molecule has 2 aromatic carbocycles. The van der Waals surface area contributed by atoms with Crippen molar-refractivity contribution in [2.45, 2.75) is 19.2 Å². The van der Waals surface area contributed by atoms with Gasteiger partial charge in [-0.2, -0.15) is 13.2 Å². The normalized spacial score (nSPS) is 12.4. The van der Waals surface area contributed by atoms with E-state index in [1.165, 1.54) is 25.1 Å². The number of hydrogen-bond donors (Lipinski definition) is 1. The summed E-state index contributed by atoms with van der Waals surface area (Å²) in [5.41, 5.74) is -1.10. The first-order valence-corrected chi connectivity index (χ1v) is 7.11. The van der Waals surface area contributed by atoms with Gasteiger partial charge in [0, 0.05) is 5.69 Å². The molecule has 0 aromatic heterocycles. The smallest absolute Gasteiger partial charge is 0.416 e. The predicted octanol–water partition coefficient (Wildman–Crippen LogP) is 4.03. The van der Waals surface area contributed by atoms with E-state index >= 15 is 0 Å². The summed E-state index contributed by atoms with van der Waals surface area (Å²) in [5, 5.41) is 2.23. The number of halogens is 4. The summed E-state index contributed by atoms with van der Waals surface area (Å²) < 4.78 is 55.9. The van der Waals surface area contributed by atoms with E-state index in [2.05, 4.69) is 5.32 Å². The molecule has 0 saturated heterocycles. The van der Waals surface area contributed by atoms with Gasteiger partial charge in [0.25, 0.3) is 5.91 Å². The summed E-state index contributed by atoms with van der Waals surface area (Å²) in [6.07, 6.45) is -5.83. The number of rotatable bonds is 4. The van der Waals surface area contributed by atoms with Crippen LogP contribution in [-0.4, -0.2) is 18.0 Å². The number of carbonyl (C=O) groups excluding carboxylic acids is 2. The van der Waals surface area contributed by atoms with Crippen molar-refractivity contribution in [3.05, 3.63) is 65.5 Å².